The lowest BCUT2D eigenvalue weighted by Gasteiger charge is -2.18. The van der Waals surface area contributed by atoms with E-state index in [4.69, 9.17) is 16.7 Å². The van der Waals surface area contributed by atoms with Crippen LogP contribution in [0, 0.1) is 6.92 Å². The summed E-state index contributed by atoms with van der Waals surface area (Å²) in [5, 5.41) is 5.50. The van der Waals surface area contributed by atoms with E-state index in [1.165, 1.54) is 12.8 Å². The van der Waals surface area contributed by atoms with Gasteiger partial charge in [-0.1, -0.05) is 23.7 Å². The van der Waals surface area contributed by atoms with Crippen LogP contribution in [0.3, 0.4) is 0 Å². The summed E-state index contributed by atoms with van der Waals surface area (Å²) >= 11 is 5.97. The Kier molecular flexibility index (Phi) is 3.26. The fourth-order valence-corrected chi connectivity index (χ4v) is 3.14. The van der Waals surface area contributed by atoms with E-state index in [9.17, 15) is 0 Å². The number of aromatic nitrogens is 3. The van der Waals surface area contributed by atoms with E-state index >= 15 is 0 Å². The van der Waals surface area contributed by atoms with Crippen molar-refractivity contribution in [2.45, 2.75) is 19.8 Å². The first-order valence-corrected chi connectivity index (χ1v) is 7.97. The molecule has 1 aliphatic heterocycles. The molecule has 0 unspecified atom stereocenters. The molecule has 0 amide bonds. The summed E-state index contributed by atoms with van der Waals surface area (Å²) in [4.78, 5) is 7.01. The molecule has 1 aromatic carbocycles. The highest BCUT2D eigenvalue weighted by molar-refractivity contribution is 6.30. The summed E-state index contributed by atoms with van der Waals surface area (Å²) in [6, 6.07) is 11.9. The average molecular weight is 313 g/mol. The monoisotopic (exact) mass is 312 g/mol. The van der Waals surface area contributed by atoms with Crippen molar-refractivity contribution in [2.24, 2.45) is 0 Å². The zero-order valence-corrected chi connectivity index (χ0v) is 13.2. The van der Waals surface area contributed by atoms with Crippen LogP contribution in [-0.2, 0) is 0 Å². The van der Waals surface area contributed by atoms with Crippen molar-refractivity contribution in [1.82, 2.24) is 14.6 Å². The Bertz CT molecular complexity index is 817. The molecule has 0 radical (unpaired) electrons. The smallest absolute Gasteiger partial charge is 0.158 e. The van der Waals surface area contributed by atoms with Crippen molar-refractivity contribution in [3.05, 3.63) is 47.1 Å². The van der Waals surface area contributed by atoms with Crippen molar-refractivity contribution in [2.75, 3.05) is 18.0 Å². The summed E-state index contributed by atoms with van der Waals surface area (Å²) in [5.41, 5.74) is 3.90. The number of hydrogen-bond acceptors (Lipinski definition) is 3. The maximum Gasteiger partial charge on any atom is 0.158 e. The third-order valence-electron chi connectivity index (χ3n) is 4.11. The predicted octanol–water partition coefficient (Wildman–Crippen LogP) is 3.96. The van der Waals surface area contributed by atoms with E-state index in [0.717, 1.165) is 46.5 Å². The van der Waals surface area contributed by atoms with E-state index in [1.807, 2.05) is 41.8 Å². The predicted molar refractivity (Wildman–Crippen MR) is 89.6 cm³/mol. The van der Waals surface area contributed by atoms with E-state index in [-0.39, 0.29) is 0 Å². The maximum atomic E-state index is 5.97. The van der Waals surface area contributed by atoms with Gasteiger partial charge in [0.2, 0.25) is 0 Å². The van der Waals surface area contributed by atoms with Crippen molar-refractivity contribution < 1.29 is 0 Å². The minimum absolute atomic E-state index is 0.735. The van der Waals surface area contributed by atoms with Crippen molar-refractivity contribution >= 4 is 23.1 Å². The molecular weight excluding hydrogens is 296 g/mol. The minimum atomic E-state index is 0.735. The fourth-order valence-electron chi connectivity index (χ4n) is 3.01. The summed E-state index contributed by atoms with van der Waals surface area (Å²) in [6.07, 6.45) is 2.49. The topological polar surface area (TPSA) is 33.4 Å². The SMILES string of the molecule is Cc1cc(N2CCCC2)n2nc(-c3ccc(Cl)cc3)cc2n1. The second-order valence-electron chi connectivity index (χ2n) is 5.76. The molecule has 1 aliphatic rings. The Morgan fingerprint density at radius 3 is 2.50 bits per heavy atom. The maximum absolute atomic E-state index is 5.97. The lowest BCUT2D eigenvalue weighted by molar-refractivity contribution is 0.847. The number of halogens is 1. The second-order valence-corrected chi connectivity index (χ2v) is 6.19. The van der Waals surface area contributed by atoms with Crippen LogP contribution in [0.15, 0.2) is 36.4 Å². The van der Waals surface area contributed by atoms with Crippen molar-refractivity contribution in [3.8, 4) is 11.3 Å². The molecule has 4 rings (SSSR count). The van der Waals surface area contributed by atoms with Gasteiger partial charge >= 0.3 is 0 Å². The first-order valence-electron chi connectivity index (χ1n) is 7.59. The molecule has 3 heterocycles. The van der Waals surface area contributed by atoms with Crippen LogP contribution < -0.4 is 4.90 Å². The summed E-state index contributed by atoms with van der Waals surface area (Å²) in [6.45, 7) is 4.22. The van der Waals surface area contributed by atoms with Gasteiger partial charge in [-0.2, -0.15) is 9.61 Å². The van der Waals surface area contributed by atoms with Gasteiger partial charge in [-0.05, 0) is 31.9 Å². The molecule has 0 N–H and O–H groups in total. The second kappa shape index (κ2) is 5.29. The van der Waals surface area contributed by atoms with Crippen molar-refractivity contribution in [1.29, 1.82) is 0 Å². The summed E-state index contributed by atoms with van der Waals surface area (Å²) < 4.78 is 1.96. The third-order valence-corrected chi connectivity index (χ3v) is 4.36. The number of aryl methyl sites for hydroxylation is 1. The van der Waals surface area contributed by atoms with E-state index in [0.29, 0.717) is 0 Å². The Morgan fingerprint density at radius 2 is 1.77 bits per heavy atom. The normalized spacial score (nSPS) is 14.9. The van der Waals surface area contributed by atoms with Gasteiger partial charge in [0.25, 0.3) is 0 Å². The van der Waals surface area contributed by atoms with Crippen molar-refractivity contribution in [3.63, 3.8) is 0 Å². The summed E-state index contributed by atoms with van der Waals surface area (Å²) in [7, 11) is 0. The number of hydrogen-bond donors (Lipinski definition) is 0. The quantitative estimate of drug-likeness (QED) is 0.718. The Hall–Kier alpha value is -2.07. The van der Waals surface area contributed by atoms with E-state index in [2.05, 4.69) is 16.0 Å². The van der Waals surface area contributed by atoms with Gasteiger partial charge in [-0.25, -0.2) is 4.98 Å². The zero-order valence-electron chi connectivity index (χ0n) is 12.5. The highest BCUT2D eigenvalue weighted by atomic mass is 35.5. The van der Waals surface area contributed by atoms with Crippen LogP contribution in [0.4, 0.5) is 5.82 Å². The molecule has 1 fully saturated rings. The molecule has 22 heavy (non-hydrogen) atoms. The number of rotatable bonds is 2. The fraction of sp³-hybridized carbons (Fsp3) is 0.294. The number of benzene rings is 1. The van der Waals surface area contributed by atoms with Crippen LogP contribution in [0.1, 0.15) is 18.5 Å². The molecular formula is C17H17ClN4. The molecule has 0 spiro atoms. The molecule has 0 aliphatic carbocycles. The molecule has 5 heteroatoms. The van der Waals surface area contributed by atoms with Gasteiger partial charge in [-0.15, -0.1) is 0 Å². The summed E-state index contributed by atoms with van der Waals surface area (Å²) in [5.74, 6) is 1.14. The highest BCUT2D eigenvalue weighted by Gasteiger charge is 2.18. The van der Waals surface area contributed by atoms with E-state index < -0.39 is 0 Å². The largest absolute Gasteiger partial charge is 0.356 e. The third kappa shape index (κ3) is 2.33. The minimum Gasteiger partial charge on any atom is -0.356 e. The molecule has 112 valence electrons. The zero-order chi connectivity index (χ0) is 15.1. The Labute approximate surface area is 134 Å². The standard InChI is InChI=1S/C17H17ClN4/c1-12-10-17(21-8-2-3-9-21)22-16(19-12)11-15(20-22)13-4-6-14(18)7-5-13/h4-7,10-11H,2-3,8-9H2,1H3. The van der Waals surface area contributed by atoms with Crippen LogP contribution >= 0.6 is 11.6 Å². The van der Waals surface area contributed by atoms with Crippen LogP contribution in [0.5, 0.6) is 0 Å². The molecule has 2 aromatic heterocycles. The molecule has 0 bridgehead atoms. The van der Waals surface area contributed by atoms with Gasteiger partial charge < -0.3 is 4.90 Å². The Balaban J connectivity index is 1.85. The van der Waals surface area contributed by atoms with Gasteiger partial charge in [0.15, 0.2) is 5.65 Å². The Morgan fingerprint density at radius 1 is 1.05 bits per heavy atom. The van der Waals surface area contributed by atoms with Gasteiger partial charge in [0.05, 0.1) is 5.69 Å². The number of nitrogens with zero attached hydrogens (tertiary/aromatic N) is 4. The molecule has 1 saturated heterocycles. The highest BCUT2D eigenvalue weighted by Crippen LogP contribution is 2.26. The first-order chi connectivity index (χ1) is 10.7. The average Bonchev–Trinajstić information content (AvgIpc) is 3.16. The first kappa shape index (κ1) is 13.6. The molecule has 4 nitrogen and oxygen atoms in total. The van der Waals surface area contributed by atoms with Gasteiger partial charge in [-0.3, -0.25) is 0 Å². The lowest BCUT2D eigenvalue weighted by Crippen LogP contribution is -2.21. The van der Waals surface area contributed by atoms with E-state index in [1.54, 1.807) is 0 Å². The molecule has 0 saturated carbocycles. The number of fused-ring (bicyclic) bond motifs is 1. The van der Waals surface area contributed by atoms with Crippen LogP contribution in [-0.4, -0.2) is 27.7 Å². The molecule has 3 aromatic rings. The van der Waals surface area contributed by atoms with Gasteiger partial charge in [0, 0.05) is 41.5 Å². The van der Waals surface area contributed by atoms with Crippen LogP contribution in [0.2, 0.25) is 5.02 Å². The van der Waals surface area contributed by atoms with Gasteiger partial charge in [0.1, 0.15) is 5.82 Å². The number of anilines is 1. The lowest BCUT2D eigenvalue weighted by atomic mass is 10.2. The molecule has 0 atom stereocenters. The van der Waals surface area contributed by atoms with Crippen LogP contribution in [0.25, 0.3) is 16.9 Å².